The zero-order chi connectivity index (χ0) is 26.3. The molecule has 0 fully saturated rings. The van der Waals surface area contributed by atoms with Gasteiger partial charge >= 0.3 is 12.1 Å². The number of hydrogen-bond acceptors (Lipinski definition) is 5. The van der Waals surface area contributed by atoms with Gasteiger partial charge in [-0.2, -0.15) is 0 Å². The van der Waals surface area contributed by atoms with Crippen LogP contribution in [0.25, 0.3) is 0 Å². The van der Waals surface area contributed by atoms with Crippen molar-refractivity contribution in [3.63, 3.8) is 0 Å². The Morgan fingerprint density at radius 2 is 1.35 bits per heavy atom. The van der Waals surface area contributed by atoms with Gasteiger partial charge in [0, 0.05) is 18.5 Å². The van der Waals surface area contributed by atoms with E-state index in [1.54, 1.807) is 6.08 Å². The van der Waals surface area contributed by atoms with Crippen molar-refractivity contribution in [2.75, 3.05) is 7.11 Å². The first kappa shape index (κ1) is 27.2. The Hall–Kier alpha value is -4.39. The number of rotatable bonds is 12. The molecule has 0 saturated heterocycles. The Morgan fingerprint density at radius 1 is 0.784 bits per heavy atom. The van der Waals surface area contributed by atoms with E-state index in [4.69, 9.17) is 9.47 Å². The molecule has 0 aliphatic rings. The number of methoxy groups -OCH3 is 1. The number of amides is 2. The molecule has 0 heterocycles. The average Bonchev–Trinajstić information content (AvgIpc) is 2.94. The van der Waals surface area contributed by atoms with Gasteiger partial charge in [0.25, 0.3) is 0 Å². The summed E-state index contributed by atoms with van der Waals surface area (Å²) in [5, 5.41) is 5.66. The SMILES string of the molecule is COC(=O)C=C[C@H](CCc1ccccc1)NC(=O)[C@H](Cc1ccccc1)NC(=O)OCc1ccccc1. The lowest BCUT2D eigenvalue weighted by Gasteiger charge is -2.22. The van der Waals surface area contributed by atoms with E-state index in [1.165, 1.54) is 13.2 Å². The monoisotopic (exact) mass is 500 g/mol. The number of esters is 1. The van der Waals surface area contributed by atoms with Gasteiger partial charge < -0.3 is 20.1 Å². The third-order valence-electron chi connectivity index (χ3n) is 5.68. The number of alkyl carbamates (subject to hydrolysis) is 1. The lowest BCUT2D eigenvalue weighted by Crippen LogP contribution is -2.50. The fourth-order valence-electron chi connectivity index (χ4n) is 3.70. The predicted molar refractivity (Wildman–Crippen MR) is 142 cm³/mol. The zero-order valence-electron chi connectivity index (χ0n) is 20.8. The molecular weight excluding hydrogens is 468 g/mol. The summed E-state index contributed by atoms with van der Waals surface area (Å²) in [4.78, 5) is 37.6. The minimum Gasteiger partial charge on any atom is -0.466 e. The van der Waals surface area contributed by atoms with Crippen molar-refractivity contribution < 1.29 is 23.9 Å². The fourth-order valence-corrected chi connectivity index (χ4v) is 3.70. The van der Waals surface area contributed by atoms with E-state index < -0.39 is 24.1 Å². The van der Waals surface area contributed by atoms with Crippen LogP contribution in [0.2, 0.25) is 0 Å². The van der Waals surface area contributed by atoms with Crippen LogP contribution in [0.3, 0.4) is 0 Å². The number of hydrogen-bond donors (Lipinski definition) is 2. The quantitative estimate of drug-likeness (QED) is 0.285. The van der Waals surface area contributed by atoms with Crippen LogP contribution in [0.5, 0.6) is 0 Å². The van der Waals surface area contributed by atoms with Crippen molar-refractivity contribution >= 4 is 18.0 Å². The summed E-state index contributed by atoms with van der Waals surface area (Å²) < 4.78 is 10.0. The van der Waals surface area contributed by atoms with Crippen molar-refractivity contribution in [2.45, 2.75) is 38.0 Å². The first-order valence-corrected chi connectivity index (χ1v) is 12.1. The highest BCUT2D eigenvalue weighted by Crippen LogP contribution is 2.09. The standard InChI is InChI=1S/C30H32N2O5/c1-36-28(33)20-19-26(18-17-23-11-5-2-6-12-23)31-29(34)27(21-24-13-7-3-8-14-24)32-30(35)37-22-25-15-9-4-10-16-25/h2-16,19-20,26-27H,17-18,21-22H2,1H3,(H,31,34)(H,32,35)/t26-,27-/m0/s1. The van der Waals surface area contributed by atoms with E-state index in [9.17, 15) is 14.4 Å². The minimum atomic E-state index is -0.878. The summed E-state index contributed by atoms with van der Waals surface area (Å²) in [6.07, 6.45) is 3.74. The van der Waals surface area contributed by atoms with Crippen LogP contribution < -0.4 is 10.6 Å². The summed E-state index contributed by atoms with van der Waals surface area (Å²) in [6.45, 7) is 0.0912. The van der Waals surface area contributed by atoms with Crippen LogP contribution in [-0.4, -0.2) is 37.2 Å². The summed E-state index contributed by atoms with van der Waals surface area (Å²) in [5.41, 5.74) is 2.84. The molecule has 192 valence electrons. The molecule has 2 N–H and O–H groups in total. The van der Waals surface area contributed by atoms with E-state index >= 15 is 0 Å². The second-order valence-corrected chi connectivity index (χ2v) is 8.47. The Bertz CT molecular complexity index is 1150. The minimum absolute atomic E-state index is 0.0912. The Kier molecular flexibility index (Phi) is 10.9. The summed E-state index contributed by atoms with van der Waals surface area (Å²) in [6, 6.07) is 27.3. The van der Waals surface area contributed by atoms with Gasteiger partial charge in [0.1, 0.15) is 12.6 Å². The topological polar surface area (TPSA) is 93.7 Å². The molecule has 7 heteroatoms. The normalized spacial score (nSPS) is 12.4. The summed E-state index contributed by atoms with van der Waals surface area (Å²) in [5.74, 6) is -0.893. The second-order valence-electron chi connectivity index (χ2n) is 8.47. The van der Waals surface area contributed by atoms with Gasteiger partial charge in [-0.25, -0.2) is 9.59 Å². The summed E-state index contributed by atoms with van der Waals surface area (Å²) >= 11 is 0. The molecule has 3 rings (SSSR count). The van der Waals surface area contributed by atoms with E-state index in [-0.39, 0.29) is 18.9 Å². The predicted octanol–water partition coefficient (Wildman–Crippen LogP) is 4.37. The van der Waals surface area contributed by atoms with E-state index in [1.807, 2.05) is 91.0 Å². The lowest BCUT2D eigenvalue weighted by molar-refractivity contribution is -0.135. The maximum atomic E-state index is 13.4. The lowest BCUT2D eigenvalue weighted by atomic mass is 10.0. The third-order valence-corrected chi connectivity index (χ3v) is 5.68. The number of ether oxygens (including phenoxy) is 2. The highest BCUT2D eigenvalue weighted by Gasteiger charge is 2.24. The van der Waals surface area contributed by atoms with Crippen molar-refractivity contribution in [3.8, 4) is 0 Å². The highest BCUT2D eigenvalue weighted by molar-refractivity contribution is 5.86. The molecule has 2 atom stereocenters. The largest absolute Gasteiger partial charge is 0.466 e. The van der Waals surface area contributed by atoms with Gasteiger partial charge in [0.15, 0.2) is 0 Å². The van der Waals surface area contributed by atoms with E-state index in [2.05, 4.69) is 10.6 Å². The molecule has 0 radical (unpaired) electrons. The van der Waals surface area contributed by atoms with Crippen LogP contribution in [0.15, 0.2) is 103 Å². The Balaban J connectivity index is 1.69. The summed E-state index contributed by atoms with van der Waals surface area (Å²) in [7, 11) is 1.30. The molecule has 3 aromatic rings. The molecule has 37 heavy (non-hydrogen) atoms. The van der Waals surface area contributed by atoms with Gasteiger partial charge in [-0.1, -0.05) is 97.1 Å². The number of aryl methyl sites for hydroxylation is 1. The molecule has 2 amide bonds. The highest BCUT2D eigenvalue weighted by atomic mass is 16.5. The average molecular weight is 501 g/mol. The van der Waals surface area contributed by atoms with Gasteiger partial charge in [-0.05, 0) is 29.5 Å². The molecule has 0 aliphatic carbocycles. The van der Waals surface area contributed by atoms with Gasteiger partial charge in [0.05, 0.1) is 7.11 Å². The maximum absolute atomic E-state index is 13.4. The second kappa shape index (κ2) is 14.9. The molecule has 0 bridgehead atoms. The van der Waals surface area contributed by atoms with Gasteiger partial charge in [-0.3, -0.25) is 4.79 Å². The van der Waals surface area contributed by atoms with E-state index in [0.29, 0.717) is 12.8 Å². The smallest absolute Gasteiger partial charge is 0.408 e. The van der Waals surface area contributed by atoms with Crippen molar-refractivity contribution in [2.24, 2.45) is 0 Å². The van der Waals surface area contributed by atoms with Gasteiger partial charge in [0.2, 0.25) is 5.91 Å². The first-order chi connectivity index (χ1) is 18.0. The number of nitrogens with one attached hydrogen (secondary N) is 2. The molecule has 7 nitrogen and oxygen atoms in total. The van der Waals surface area contributed by atoms with Crippen molar-refractivity contribution in [1.29, 1.82) is 0 Å². The molecule has 0 spiro atoms. The van der Waals surface area contributed by atoms with Crippen LogP contribution >= 0.6 is 0 Å². The fraction of sp³-hybridized carbons (Fsp3) is 0.233. The Labute approximate surface area is 217 Å². The maximum Gasteiger partial charge on any atom is 0.408 e. The zero-order valence-corrected chi connectivity index (χ0v) is 20.8. The molecule has 0 aromatic heterocycles. The van der Waals surface area contributed by atoms with Crippen LogP contribution in [-0.2, 0) is 38.5 Å². The van der Waals surface area contributed by atoms with Crippen molar-refractivity contribution in [3.05, 3.63) is 120 Å². The number of benzene rings is 3. The van der Waals surface area contributed by atoms with Crippen LogP contribution in [0.1, 0.15) is 23.1 Å². The number of carbonyl (C=O) groups is 3. The van der Waals surface area contributed by atoms with Crippen LogP contribution in [0, 0.1) is 0 Å². The third kappa shape index (κ3) is 10.0. The van der Waals surface area contributed by atoms with Crippen molar-refractivity contribution in [1.82, 2.24) is 10.6 Å². The molecular formula is C30H32N2O5. The molecule has 0 saturated carbocycles. The van der Waals surface area contributed by atoms with Gasteiger partial charge in [-0.15, -0.1) is 0 Å². The first-order valence-electron chi connectivity index (χ1n) is 12.1. The Morgan fingerprint density at radius 3 is 1.95 bits per heavy atom. The number of carbonyl (C=O) groups excluding carboxylic acids is 3. The van der Waals surface area contributed by atoms with E-state index in [0.717, 1.165) is 16.7 Å². The molecule has 0 unspecified atom stereocenters. The van der Waals surface area contributed by atoms with Crippen LogP contribution in [0.4, 0.5) is 4.79 Å². The molecule has 3 aromatic carbocycles. The molecule has 0 aliphatic heterocycles.